The van der Waals surface area contributed by atoms with E-state index >= 15 is 0 Å². The Bertz CT molecular complexity index is 2270. The van der Waals surface area contributed by atoms with Gasteiger partial charge in [0.1, 0.15) is 37.1 Å². The lowest BCUT2D eigenvalue weighted by Gasteiger charge is -2.20. The molecule has 4 amide bonds. The number of carbonyl (C=O) groups excluding carboxylic acids is 5. The van der Waals surface area contributed by atoms with Crippen LogP contribution in [0.4, 0.5) is 22.7 Å². The molecule has 59 heavy (non-hydrogen) atoms. The quantitative estimate of drug-likeness (QED) is 0.0563. The van der Waals surface area contributed by atoms with Crippen molar-refractivity contribution in [2.75, 3.05) is 55.7 Å². The lowest BCUT2D eigenvalue weighted by Crippen LogP contribution is -2.43. The van der Waals surface area contributed by atoms with Crippen molar-refractivity contribution >= 4 is 52.3 Å². The highest BCUT2D eigenvalue weighted by Crippen LogP contribution is 2.42. The number of hydrogen-bond donors (Lipinski definition) is 5. The predicted octanol–water partition coefficient (Wildman–Crippen LogP) is 5.31. The van der Waals surface area contributed by atoms with Crippen LogP contribution in [-0.2, 0) is 9.53 Å². The highest BCUT2D eigenvalue weighted by molar-refractivity contribution is 6.10. The summed E-state index contributed by atoms with van der Waals surface area (Å²) in [4.78, 5) is 69.6. The van der Waals surface area contributed by atoms with Gasteiger partial charge in [0.05, 0.1) is 55.5 Å². The number of rotatable bonds is 20. The minimum absolute atomic E-state index is 0.00231. The van der Waals surface area contributed by atoms with E-state index < -0.39 is 35.6 Å². The van der Waals surface area contributed by atoms with Crippen LogP contribution in [0.5, 0.6) is 23.0 Å². The first-order valence-electron chi connectivity index (χ1n) is 17.6. The molecule has 0 spiro atoms. The third-order valence-electron chi connectivity index (χ3n) is 7.97. The number of methoxy groups -OCH3 is 2. The van der Waals surface area contributed by atoms with E-state index in [2.05, 4.69) is 46.0 Å². The number of aromatic nitrogens is 1. The Morgan fingerprint density at radius 2 is 1.31 bits per heavy atom. The molecule has 4 aromatic rings. The molecule has 0 unspecified atom stereocenters. The zero-order valence-electron chi connectivity index (χ0n) is 32.2. The van der Waals surface area contributed by atoms with Gasteiger partial charge in [-0.1, -0.05) is 38.0 Å². The maximum atomic E-state index is 13.8. The van der Waals surface area contributed by atoms with Crippen LogP contribution < -0.4 is 45.9 Å². The molecule has 0 saturated heterocycles. The number of nitrogens with one attached hydrogen (secondary N) is 4. The summed E-state index contributed by atoms with van der Waals surface area (Å²) in [5, 5.41) is 19.9. The molecule has 1 aromatic heterocycles. The van der Waals surface area contributed by atoms with E-state index in [0.29, 0.717) is 5.69 Å². The molecule has 304 valence electrons. The number of esters is 1. The van der Waals surface area contributed by atoms with E-state index in [0.717, 1.165) is 0 Å². The van der Waals surface area contributed by atoms with Gasteiger partial charge in [0.2, 0.25) is 5.91 Å². The third kappa shape index (κ3) is 11.2. The third-order valence-corrected chi connectivity index (χ3v) is 7.97. The van der Waals surface area contributed by atoms with Gasteiger partial charge in [-0.3, -0.25) is 19.2 Å². The summed E-state index contributed by atoms with van der Waals surface area (Å²) < 4.78 is 28.0. The molecule has 0 aliphatic carbocycles. The first-order chi connectivity index (χ1) is 28.5. The maximum Gasteiger partial charge on any atom is 0.342 e. The van der Waals surface area contributed by atoms with Crippen molar-refractivity contribution in [2.45, 2.75) is 12.5 Å². The Morgan fingerprint density at radius 3 is 1.85 bits per heavy atom. The Morgan fingerprint density at radius 1 is 0.729 bits per heavy atom. The van der Waals surface area contributed by atoms with Gasteiger partial charge in [0.15, 0.2) is 23.0 Å². The molecule has 0 aliphatic rings. The Balaban J connectivity index is 1.54. The average molecular weight is 804 g/mol. The molecular formula is C42H41N7O10. The molecule has 0 saturated carbocycles. The van der Waals surface area contributed by atoms with Crippen LogP contribution in [0.2, 0.25) is 0 Å². The average Bonchev–Trinajstić information content (AvgIpc) is 3.24. The Hall–Kier alpha value is -8.13. The van der Waals surface area contributed by atoms with Crippen LogP contribution >= 0.6 is 0 Å². The summed E-state index contributed by atoms with van der Waals surface area (Å²) in [5.74, 6) is -3.28. The standard InChI is InChI=1S/C42H41N7O10/c1-6-21-57-34-28(39(51)48-31-18-15-29(42(54)59-23-8-3)35(37(31)56-5)58-22-7-2)14-17-30(36(34)55-4)47-38(50)25-9-12-27(13-10-25)46-41(53)33(19-20-43)49-40(52)32-16-11-26(44)24-45-32/h6-18,24,33H,1-3,19,21-23,44H2,4-5H3,(H,46,53)(H,47,50)(H,48,51)(H,49,52)/t33-/m0/s1. The minimum Gasteiger partial charge on any atom is -0.491 e. The number of pyridine rings is 1. The van der Waals surface area contributed by atoms with Gasteiger partial charge in [-0.05, 0) is 60.7 Å². The highest BCUT2D eigenvalue weighted by Gasteiger charge is 2.27. The second-order valence-corrected chi connectivity index (χ2v) is 12.0. The van der Waals surface area contributed by atoms with Gasteiger partial charge in [-0.2, -0.15) is 5.26 Å². The van der Waals surface area contributed by atoms with Crippen molar-refractivity contribution in [1.82, 2.24) is 10.3 Å². The summed E-state index contributed by atoms with van der Waals surface area (Å²) in [6.45, 7) is 10.8. The van der Waals surface area contributed by atoms with E-state index in [1.54, 1.807) is 0 Å². The molecule has 0 bridgehead atoms. The van der Waals surface area contributed by atoms with E-state index in [4.69, 9.17) is 29.4 Å². The summed E-state index contributed by atoms with van der Waals surface area (Å²) in [7, 11) is 2.67. The molecule has 17 nitrogen and oxygen atoms in total. The van der Waals surface area contributed by atoms with Crippen molar-refractivity contribution in [3.05, 3.63) is 127 Å². The Labute approximate surface area is 339 Å². The van der Waals surface area contributed by atoms with Gasteiger partial charge >= 0.3 is 5.97 Å². The van der Waals surface area contributed by atoms with E-state index in [1.165, 1.54) is 99.3 Å². The Kier molecular flexibility index (Phi) is 15.7. The van der Waals surface area contributed by atoms with Crippen LogP contribution in [-0.4, -0.2) is 74.7 Å². The van der Waals surface area contributed by atoms with Crippen molar-refractivity contribution < 1.29 is 47.7 Å². The van der Waals surface area contributed by atoms with Gasteiger partial charge in [-0.25, -0.2) is 9.78 Å². The summed E-state index contributed by atoms with van der Waals surface area (Å²) in [6, 6.07) is 15.0. The van der Waals surface area contributed by atoms with Crippen molar-refractivity contribution in [3.63, 3.8) is 0 Å². The molecule has 4 rings (SSSR count). The van der Waals surface area contributed by atoms with E-state index in [1.807, 2.05) is 6.07 Å². The highest BCUT2D eigenvalue weighted by atomic mass is 16.5. The van der Waals surface area contributed by atoms with Crippen LogP contribution in [0.25, 0.3) is 0 Å². The second-order valence-electron chi connectivity index (χ2n) is 12.0. The van der Waals surface area contributed by atoms with Crippen molar-refractivity contribution in [2.24, 2.45) is 0 Å². The van der Waals surface area contributed by atoms with Gasteiger partial charge in [0.25, 0.3) is 17.7 Å². The number of amides is 4. The minimum atomic E-state index is -1.21. The summed E-state index contributed by atoms with van der Waals surface area (Å²) in [5.41, 5.74) is 6.76. The molecular weight excluding hydrogens is 763 g/mol. The molecule has 6 N–H and O–H groups in total. The van der Waals surface area contributed by atoms with Gasteiger partial charge in [-0.15, -0.1) is 0 Å². The summed E-state index contributed by atoms with van der Waals surface area (Å²) in [6.07, 6.45) is 5.30. The molecule has 1 heterocycles. The lowest BCUT2D eigenvalue weighted by atomic mass is 10.1. The molecule has 0 aliphatic heterocycles. The zero-order valence-corrected chi connectivity index (χ0v) is 32.2. The molecule has 0 fully saturated rings. The van der Waals surface area contributed by atoms with Gasteiger partial charge in [0, 0.05) is 11.3 Å². The fourth-order valence-electron chi connectivity index (χ4n) is 5.24. The SMILES string of the molecule is C=CCOC(=O)c1ccc(NC(=O)c2ccc(NC(=O)c3ccc(NC(=O)[C@H](CC#N)NC(=O)c4ccc(N)cn4)cc3)c(OC)c2OCC=C)c(OC)c1OCC=C. The van der Waals surface area contributed by atoms with Crippen molar-refractivity contribution in [1.29, 1.82) is 5.26 Å². The zero-order chi connectivity index (χ0) is 42.9. The normalized spacial score (nSPS) is 10.7. The second kappa shape index (κ2) is 21.2. The smallest absolute Gasteiger partial charge is 0.342 e. The number of anilines is 4. The van der Waals surface area contributed by atoms with E-state index in [-0.39, 0.29) is 88.7 Å². The largest absolute Gasteiger partial charge is 0.491 e. The predicted molar refractivity (Wildman–Crippen MR) is 219 cm³/mol. The number of nitrogen functional groups attached to an aromatic ring is 1. The number of benzene rings is 3. The first-order valence-corrected chi connectivity index (χ1v) is 17.6. The topological polar surface area (TPSA) is 242 Å². The van der Waals surface area contributed by atoms with E-state index in [9.17, 15) is 29.2 Å². The lowest BCUT2D eigenvalue weighted by molar-refractivity contribution is -0.117. The van der Waals surface area contributed by atoms with Crippen LogP contribution in [0.15, 0.2) is 105 Å². The van der Waals surface area contributed by atoms with Gasteiger partial charge < -0.3 is 50.7 Å². The fourth-order valence-corrected chi connectivity index (χ4v) is 5.24. The monoisotopic (exact) mass is 803 g/mol. The number of ether oxygens (including phenoxy) is 5. The number of nitrogens with zero attached hydrogens (tertiary/aromatic N) is 2. The maximum absolute atomic E-state index is 13.8. The first kappa shape index (κ1) is 43.6. The number of nitriles is 1. The van der Waals surface area contributed by atoms with Crippen LogP contribution in [0, 0.1) is 11.3 Å². The molecule has 1 atom stereocenters. The molecule has 17 heteroatoms. The molecule has 0 radical (unpaired) electrons. The van der Waals surface area contributed by atoms with Crippen LogP contribution in [0.3, 0.4) is 0 Å². The number of nitrogens with two attached hydrogens (primary N) is 1. The fraction of sp³-hybridized carbons (Fsp3) is 0.167. The molecule has 3 aromatic carbocycles. The van der Waals surface area contributed by atoms with Crippen LogP contribution in [0.1, 0.15) is 48.0 Å². The summed E-state index contributed by atoms with van der Waals surface area (Å²) >= 11 is 0. The number of carbonyl (C=O) groups is 5. The van der Waals surface area contributed by atoms with Crippen molar-refractivity contribution in [3.8, 4) is 29.1 Å². The number of hydrogen-bond acceptors (Lipinski definition) is 13.